The summed E-state index contributed by atoms with van der Waals surface area (Å²) in [6, 6.07) is 17.3. The second-order valence-corrected chi connectivity index (χ2v) is 5.67. The number of ketones is 1. The van der Waals surface area contributed by atoms with Gasteiger partial charge in [0.15, 0.2) is 0 Å². The van der Waals surface area contributed by atoms with Gasteiger partial charge in [-0.2, -0.15) is 0 Å². The molecule has 25 heavy (non-hydrogen) atoms. The molecule has 0 saturated heterocycles. The molecule has 0 unspecified atom stereocenters. The predicted molar refractivity (Wildman–Crippen MR) is 103 cm³/mol. The second kappa shape index (κ2) is 7.63. The summed E-state index contributed by atoms with van der Waals surface area (Å²) < 4.78 is 0. The predicted octanol–water partition coefficient (Wildman–Crippen LogP) is 4.32. The van der Waals surface area contributed by atoms with Crippen LogP contribution in [0.4, 0.5) is 5.69 Å². The lowest BCUT2D eigenvalue weighted by Crippen LogP contribution is -2.21. The van der Waals surface area contributed by atoms with Crippen LogP contribution in [0, 0.1) is 11.8 Å². The van der Waals surface area contributed by atoms with Gasteiger partial charge in [-0.3, -0.25) is 9.78 Å². The summed E-state index contributed by atoms with van der Waals surface area (Å²) in [5.74, 6) is 5.58. The van der Waals surface area contributed by atoms with Crippen molar-refractivity contribution < 1.29 is 4.79 Å². The number of anilines is 1. The van der Waals surface area contributed by atoms with Crippen molar-refractivity contribution in [1.29, 1.82) is 0 Å². The van der Waals surface area contributed by atoms with Crippen LogP contribution in [-0.4, -0.2) is 23.9 Å². The molecule has 0 N–H and O–H groups in total. The van der Waals surface area contributed by atoms with Crippen LogP contribution < -0.4 is 4.90 Å². The van der Waals surface area contributed by atoms with Gasteiger partial charge in [0.2, 0.25) is 5.78 Å². The van der Waals surface area contributed by atoms with Crippen molar-refractivity contribution >= 4 is 22.4 Å². The minimum atomic E-state index is -0.174. The molecule has 0 radical (unpaired) electrons. The monoisotopic (exact) mass is 328 g/mol. The van der Waals surface area contributed by atoms with E-state index in [9.17, 15) is 4.79 Å². The lowest BCUT2D eigenvalue weighted by Gasteiger charge is -2.20. The van der Waals surface area contributed by atoms with E-state index in [-0.39, 0.29) is 5.78 Å². The van der Waals surface area contributed by atoms with Crippen molar-refractivity contribution in [2.24, 2.45) is 0 Å². The molecule has 0 saturated carbocycles. The zero-order chi connectivity index (χ0) is 17.6. The molecule has 0 amide bonds. The number of carbonyl (C=O) groups is 1. The molecular formula is C22H20N2O. The smallest absolute Gasteiger partial charge is 0.236 e. The van der Waals surface area contributed by atoms with Crippen LogP contribution in [0.3, 0.4) is 0 Å². The minimum Gasteiger partial charge on any atom is -0.372 e. The fraction of sp³-hybridized carbons (Fsp3) is 0.182. The SMILES string of the molecule is CCN(CC)c1ccc(C(=O)C#Cc2ccnc3ccccc23)cc1. The topological polar surface area (TPSA) is 33.2 Å². The van der Waals surface area contributed by atoms with Crippen LogP contribution in [0.25, 0.3) is 10.9 Å². The summed E-state index contributed by atoms with van der Waals surface area (Å²) >= 11 is 0. The highest BCUT2D eigenvalue weighted by atomic mass is 16.1. The number of carbonyl (C=O) groups excluding carboxylic acids is 1. The molecule has 1 heterocycles. The average molecular weight is 328 g/mol. The number of benzene rings is 2. The fourth-order valence-corrected chi connectivity index (χ4v) is 2.81. The van der Waals surface area contributed by atoms with Crippen LogP contribution in [0.15, 0.2) is 60.8 Å². The maximum absolute atomic E-state index is 12.4. The zero-order valence-electron chi connectivity index (χ0n) is 14.5. The Bertz CT molecular complexity index is 940. The van der Waals surface area contributed by atoms with E-state index >= 15 is 0 Å². The highest BCUT2D eigenvalue weighted by molar-refractivity contribution is 6.09. The van der Waals surface area contributed by atoms with Crippen molar-refractivity contribution in [3.63, 3.8) is 0 Å². The fourth-order valence-electron chi connectivity index (χ4n) is 2.81. The first kappa shape index (κ1) is 16.7. The number of rotatable bonds is 4. The van der Waals surface area contributed by atoms with E-state index in [1.807, 2.05) is 54.6 Å². The number of Topliss-reactive ketones (excluding diaryl/α,β-unsaturated/α-hetero) is 1. The first-order chi connectivity index (χ1) is 12.2. The van der Waals surface area contributed by atoms with Crippen LogP contribution in [0.2, 0.25) is 0 Å². The van der Waals surface area contributed by atoms with Gasteiger partial charge in [-0.05, 0) is 56.2 Å². The van der Waals surface area contributed by atoms with Gasteiger partial charge < -0.3 is 4.90 Å². The Morgan fingerprint density at radius 2 is 1.72 bits per heavy atom. The third-order valence-corrected chi connectivity index (χ3v) is 4.22. The van der Waals surface area contributed by atoms with Crippen LogP contribution in [0.1, 0.15) is 29.8 Å². The van der Waals surface area contributed by atoms with E-state index in [0.717, 1.165) is 35.2 Å². The molecule has 3 rings (SSSR count). The molecular weight excluding hydrogens is 308 g/mol. The third kappa shape index (κ3) is 3.70. The van der Waals surface area contributed by atoms with Crippen LogP contribution in [0.5, 0.6) is 0 Å². The minimum absolute atomic E-state index is 0.174. The Morgan fingerprint density at radius 1 is 1.00 bits per heavy atom. The highest BCUT2D eigenvalue weighted by Gasteiger charge is 2.05. The standard InChI is InChI=1S/C22H20N2O/c1-3-24(4-2)19-12-9-18(10-13-19)22(25)14-11-17-15-16-23-21-8-6-5-7-20(17)21/h5-10,12-13,15-16H,3-4H2,1-2H3. The molecule has 124 valence electrons. The Balaban J connectivity index is 1.84. The lowest BCUT2D eigenvalue weighted by atomic mass is 10.1. The van der Waals surface area contributed by atoms with Crippen molar-refractivity contribution in [3.05, 3.63) is 71.9 Å². The molecule has 3 aromatic rings. The maximum atomic E-state index is 12.4. The van der Waals surface area contributed by atoms with Gasteiger partial charge in [-0.15, -0.1) is 0 Å². The Labute approximate surface area is 148 Å². The number of hydrogen-bond donors (Lipinski definition) is 0. The Hall–Kier alpha value is -3.12. The van der Waals surface area contributed by atoms with Gasteiger partial charge in [-0.1, -0.05) is 24.1 Å². The molecule has 3 nitrogen and oxygen atoms in total. The summed E-state index contributed by atoms with van der Waals surface area (Å²) in [7, 11) is 0. The Morgan fingerprint density at radius 3 is 2.44 bits per heavy atom. The van der Waals surface area contributed by atoms with E-state index in [2.05, 4.69) is 35.6 Å². The van der Waals surface area contributed by atoms with E-state index < -0.39 is 0 Å². The highest BCUT2D eigenvalue weighted by Crippen LogP contribution is 2.16. The molecule has 2 aromatic carbocycles. The van der Waals surface area contributed by atoms with Crippen molar-refractivity contribution in [3.8, 4) is 11.8 Å². The maximum Gasteiger partial charge on any atom is 0.236 e. The first-order valence-corrected chi connectivity index (χ1v) is 8.48. The number of fused-ring (bicyclic) bond motifs is 1. The normalized spacial score (nSPS) is 10.2. The first-order valence-electron chi connectivity index (χ1n) is 8.48. The van der Waals surface area contributed by atoms with E-state index in [1.54, 1.807) is 6.20 Å². The van der Waals surface area contributed by atoms with E-state index in [1.165, 1.54) is 0 Å². The summed E-state index contributed by atoms with van der Waals surface area (Å²) in [5.41, 5.74) is 3.43. The molecule has 0 atom stereocenters. The molecule has 0 spiro atoms. The van der Waals surface area contributed by atoms with Crippen molar-refractivity contribution in [2.45, 2.75) is 13.8 Å². The number of pyridine rings is 1. The lowest BCUT2D eigenvalue weighted by molar-refractivity contribution is 0.105. The van der Waals surface area contributed by atoms with Crippen molar-refractivity contribution in [2.75, 3.05) is 18.0 Å². The van der Waals surface area contributed by atoms with E-state index in [4.69, 9.17) is 0 Å². The van der Waals surface area contributed by atoms with Gasteiger partial charge in [-0.25, -0.2) is 0 Å². The zero-order valence-corrected chi connectivity index (χ0v) is 14.5. The molecule has 0 fully saturated rings. The van der Waals surface area contributed by atoms with Crippen molar-refractivity contribution in [1.82, 2.24) is 4.98 Å². The third-order valence-electron chi connectivity index (χ3n) is 4.22. The molecule has 0 bridgehead atoms. The van der Waals surface area contributed by atoms with Gasteiger partial charge in [0.05, 0.1) is 5.52 Å². The number of nitrogens with zero attached hydrogens (tertiary/aromatic N) is 2. The summed E-state index contributed by atoms with van der Waals surface area (Å²) in [6.45, 7) is 6.12. The largest absolute Gasteiger partial charge is 0.372 e. The van der Waals surface area contributed by atoms with Crippen LogP contribution >= 0.6 is 0 Å². The second-order valence-electron chi connectivity index (χ2n) is 5.67. The molecule has 0 aliphatic rings. The number of aromatic nitrogens is 1. The van der Waals surface area contributed by atoms with Gasteiger partial charge in [0.1, 0.15) is 0 Å². The molecule has 3 heteroatoms. The average Bonchev–Trinajstić information content (AvgIpc) is 2.67. The summed E-state index contributed by atoms with van der Waals surface area (Å²) in [4.78, 5) is 18.9. The summed E-state index contributed by atoms with van der Waals surface area (Å²) in [6.07, 6.45) is 1.72. The Kier molecular flexibility index (Phi) is 5.11. The number of hydrogen-bond acceptors (Lipinski definition) is 3. The van der Waals surface area contributed by atoms with Gasteiger partial charge >= 0.3 is 0 Å². The number of para-hydroxylation sites is 1. The van der Waals surface area contributed by atoms with Gasteiger partial charge in [0, 0.05) is 41.5 Å². The van der Waals surface area contributed by atoms with E-state index in [0.29, 0.717) is 5.56 Å². The summed E-state index contributed by atoms with van der Waals surface area (Å²) in [5, 5.41) is 0.960. The molecule has 0 aliphatic carbocycles. The van der Waals surface area contributed by atoms with Gasteiger partial charge in [0.25, 0.3) is 0 Å². The molecule has 0 aliphatic heterocycles. The molecule has 1 aromatic heterocycles. The quantitative estimate of drug-likeness (QED) is 0.528. The van der Waals surface area contributed by atoms with Crippen LogP contribution in [-0.2, 0) is 0 Å².